The molecule has 1 aliphatic rings. The molecule has 0 saturated carbocycles. The molecule has 0 aliphatic carbocycles. The van der Waals surface area contributed by atoms with E-state index in [0.29, 0.717) is 5.78 Å². The van der Waals surface area contributed by atoms with Gasteiger partial charge in [0.1, 0.15) is 12.4 Å². The van der Waals surface area contributed by atoms with Crippen LogP contribution < -0.4 is 15.5 Å². The van der Waals surface area contributed by atoms with Crippen LogP contribution in [0.15, 0.2) is 47.4 Å². The van der Waals surface area contributed by atoms with Crippen LogP contribution in [0.1, 0.15) is 12.8 Å². The molecule has 1 fully saturated rings. The van der Waals surface area contributed by atoms with Crippen molar-refractivity contribution in [2.24, 2.45) is 0 Å². The molecule has 1 aromatic carbocycles. The molecule has 8 heteroatoms. The average Bonchev–Trinajstić information content (AvgIpc) is 3.30. The third kappa shape index (κ3) is 2.94. The van der Waals surface area contributed by atoms with Crippen molar-refractivity contribution in [2.75, 3.05) is 29.9 Å². The summed E-state index contributed by atoms with van der Waals surface area (Å²) in [4.78, 5) is 33.2. The third-order valence-corrected chi connectivity index (χ3v) is 4.67. The van der Waals surface area contributed by atoms with Gasteiger partial charge in [-0.1, -0.05) is 18.2 Å². The number of hydrogen-bond acceptors (Lipinski definition) is 5. The molecule has 134 valence electrons. The molecule has 0 atom stereocenters. The molecule has 1 amide bonds. The summed E-state index contributed by atoms with van der Waals surface area (Å²) in [5.74, 6) is 0.913. The predicted molar refractivity (Wildman–Crippen MR) is 98.5 cm³/mol. The number of para-hydroxylation sites is 1. The van der Waals surface area contributed by atoms with E-state index in [0.717, 1.165) is 42.1 Å². The molecule has 3 heterocycles. The van der Waals surface area contributed by atoms with Crippen LogP contribution in [-0.4, -0.2) is 45.2 Å². The lowest BCUT2D eigenvalue weighted by atomic mass is 10.3. The van der Waals surface area contributed by atoms with Gasteiger partial charge in [-0.2, -0.15) is 4.98 Å². The zero-order chi connectivity index (χ0) is 18.1. The Hall–Kier alpha value is -3.16. The van der Waals surface area contributed by atoms with E-state index in [1.165, 1.54) is 9.30 Å². The lowest BCUT2D eigenvalue weighted by molar-refractivity contribution is -0.119. The fraction of sp³-hybridized carbons (Fsp3) is 0.333. The van der Waals surface area contributed by atoms with Crippen LogP contribution >= 0.6 is 0 Å². The third-order valence-electron chi connectivity index (χ3n) is 4.67. The minimum Gasteiger partial charge on any atom is -0.356 e. The van der Waals surface area contributed by atoms with Crippen LogP contribution in [0.2, 0.25) is 0 Å². The maximum Gasteiger partial charge on any atom is 0.352 e. The van der Waals surface area contributed by atoms with Gasteiger partial charge in [-0.25, -0.2) is 13.9 Å². The number of anilines is 2. The van der Waals surface area contributed by atoms with Gasteiger partial charge in [0.05, 0.1) is 0 Å². The summed E-state index contributed by atoms with van der Waals surface area (Å²) in [6.07, 6.45) is 3.97. The molecule has 3 aromatic rings. The van der Waals surface area contributed by atoms with Crippen LogP contribution in [0, 0.1) is 0 Å². The molecule has 8 nitrogen and oxygen atoms in total. The second-order valence-corrected chi connectivity index (χ2v) is 6.38. The summed E-state index contributed by atoms with van der Waals surface area (Å²) in [6, 6.07) is 11.1. The first kappa shape index (κ1) is 16.3. The Labute approximate surface area is 150 Å². The summed E-state index contributed by atoms with van der Waals surface area (Å²) in [7, 11) is 1.68. The fourth-order valence-corrected chi connectivity index (χ4v) is 3.15. The van der Waals surface area contributed by atoms with Crippen molar-refractivity contribution in [1.82, 2.24) is 19.2 Å². The van der Waals surface area contributed by atoms with E-state index in [9.17, 15) is 9.59 Å². The number of hydrogen-bond donors (Lipinski definition) is 0. The van der Waals surface area contributed by atoms with E-state index >= 15 is 0 Å². The van der Waals surface area contributed by atoms with E-state index in [2.05, 4.69) is 15.0 Å². The van der Waals surface area contributed by atoms with Gasteiger partial charge < -0.3 is 9.80 Å². The molecule has 0 unspecified atom stereocenters. The van der Waals surface area contributed by atoms with Gasteiger partial charge >= 0.3 is 5.69 Å². The first-order valence-electron chi connectivity index (χ1n) is 8.66. The molecule has 0 spiro atoms. The summed E-state index contributed by atoms with van der Waals surface area (Å²) < 4.78 is 2.53. The Balaban J connectivity index is 1.59. The Morgan fingerprint density at radius 1 is 1.15 bits per heavy atom. The number of rotatable bonds is 4. The first-order chi connectivity index (χ1) is 12.6. The van der Waals surface area contributed by atoms with Crippen molar-refractivity contribution in [1.29, 1.82) is 0 Å². The quantitative estimate of drug-likeness (QED) is 0.704. The predicted octanol–water partition coefficient (Wildman–Crippen LogP) is 1.15. The van der Waals surface area contributed by atoms with Gasteiger partial charge in [0.2, 0.25) is 5.91 Å². The molecule has 26 heavy (non-hydrogen) atoms. The minimum atomic E-state index is -0.365. The van der Waals surface area contributed by atoms with Gasteiger partial charge in [-0.15, -0.1) is 5.10 Å². The Kier molecular flexibility index (Phi) is 4.16. The number of nitrogens with zero attached hydrogens (tertiary/aromatic N) is 6. The highest BCUT2D eigenvalue weighted by molar-refractivity contribution is 5.92. The number of likely N-dealkylation sites (N-methyl/N-ethyl adjacent to an activating group) is 1. The monoisotopic (exact) mass is 352 g/mol. The minimum absolute atomic E-state index is 0.132. The highest BCUT2D eigenvalue weighted by Crippen LogP contribution is 2.17. The molecular formula is C18H20N6O2. The molecule has 0 bridgehead atoms. The molecular weight excluding hydrogens is 332 g/mol. The molecule has 1 saturated heterocycles. The van der Waals surface area contributed by atoms with Crippen LogP contribution in [-0.2, 0) is 11.3 Å². The fourth-order valence-electron chi connectivity index (χ4n) is 3.15. The van der Waals surface area contributed by atoms with Crippen molar-refractivity contribution >= 4 is 23.2 Å². The number of carbonyl (C=O) groups excluding carboxylic acids is 1. The lowest BCUT2D eigenvalue weighted by Crippen LogP contribution is -2.34. The van der Waals surface area contributed by atoms with Crippen LogP contribution in [0.3, 0.4) is 0 Å². The second kappa shape index (κ2) is 6.62. The number of amides is 1. The van der Waals surface area contributed by atoms with Gasteiger partial charge in [-0.3, -0.25) is 4.79 Å². The van der Waals surface area contributed by atoms with Crippen LogP contribution in [0.5, 0.6) is 0 Å². The maximum absolute atomic E-state index is 12.5. The van der Waals surface area contributed by atoms with Crippen LogP contribution in [0.4, 0.5) is 11.5 Å². The van der Waals surface area contributed by atoms with Crippen molar-refractivity contribution in [3.63, 3.8) is 0 Å². The van der Waals surface area contributed by atoms with Gasteiger partial charge in [0.15, 0.2) is 0 Å². The normalized spacial score (nSPS) is 14.1. The molecule has 2 aromatic heterocycles. The summed E-state index contributed by atoms with van der Waals surface area (Å²) in [6.45, 7) is 1.80. The molecule has 0 N–H and O–H groups in total. The lowest BCUT2D eigenvalue weighted by Gasteiger charge is -2.16. The zero-order valence-corrected chi connectivity index (χ0v) is 14.6. The van der Waals surface area contributed by atoms with Crippen molar-refractivity contribution in [2.45, 2.75) is 19.4 Å². The van der Waals surface area contributed by atoms with Crippen molar-refractivity contribution in [3.8, 4) is 0 Å². The first-order valence-corrected chi connectivity index (χ1v) is 8.66. The van der Waals surface area contributed by atoms with E-state index in [-0.39, 0.29) is 18.1 Å². The van der Waals surface area contributed by atoms with E-state index in [4.69, 9.17) is 0 Å². The summed E-state index contributed by atoms with van der Waals surface area (Å²) in [5, 5.41) is 4.24. The molecule has 1 aliphatic heterocycles. The number of carbonyl (C=O) groups is 1. The Morgan fingerprint density at radius 2 is 1.88 bits per heavy atom. The van der Waals surface area contributed by atoms with Gasteiger partial charge in [0, 0.05) is 32.0 Å². The summed E-state index contributed by atoms with van der Waals surface area (Å²) in [5.41, 5.74) is 0.402. The van der Waals surface area contributed by atoms with Gasteiger partial charge in [-0.05, 0) is 31.0 Å². The zero-order valence-electron chi connectivity index (χ0n) is 14.6. The smallest absolute Gasteiger partial charge is 0.352 e. The number of benzene rings is 1. The highest BCUT2D eigenvalue weighted by atomic mass is 16.2. The SMILES string of the molecule is CN(C(=O)Cn1nc2nc(N3CCCC3)ccn2c1=O)c1ccccc1. The Bertz CT molecular complexity index is 988. The molecule has 4 rings (SSSR count). The van der Waals surface area contributed by atoms with E-state index in [1.54, 1.807) is 13.2 Å². The van der Waals surface area contributed by atoms with E-state index in [1.807, 2.05) is 36.4 Å². The van der Waals surface area contributed by atoms with Crippen molar-refractivity contribution in [3.05, 3.63) is 53.1 Å². The van der Waals surface area contributed by atoms with Gasteiger partial charge in [0.25, 0.3) is 5.78 Å². The second-order valence-electron chi connectivity index (χ2n) is 6.38. The standard InChI is InChI=1S/C18H20N6O2/c1-21(14-7-3-2-4-8-14)16(25)13-24-18(26)23-12-9-15(19-17(23)20-24)22-10-5-6-11-22/h2-4,7-9,12H,5-6,10-11,13H2,1H3. The van der Waals surface area contributed by atoms with Crippen LogP contribution in [0.25, 0.3) is 5.78 Å². The number of aromatic nitrogens is 4. The average molecular weight is 352 g/mol. The Morgan fingerprint density at radius 3 is 2.62 bits per heavy atom. The van der Waals surface area contributed by atoms with E-state index < -0.39 is 0 Å². The number of fused-ring (bicyclic) bond motifs is 1. The highest BCUT2D eigenvalue weighted by Gasteiger charge is 2.18. The topological polar surface area (TPSA) is 75.7 Å². The summed E-state index contributed by atoms with van der Waals surface area (Å²) >= 11 is 0. The molecule has 0 radical (unpaired) electrons. The maximum atomic E-state index is 12.5. The largest absolute Gasteiger partial charge is 0.356 e. The van der Waals surface area contributed by atoms with Crippen molar-refractivity contribution < 1.29 is 4.79 Å².